The number of aromatic amines is 1. The summed E-state index contributed by atoms with van der Waals surface area (Å²) in [6.07, 6.45) is 4.58. The minimum Gasteiger partial charge on any atom is -0.369 e. The molecular formula is C16H17ClFN3O. The molecule has 1 aliphatic heterocycles. The first-order valence-corrected chi connectivity index (χ1v) is 7.74. The smallest absolute Gasteiger partial charge is 0.285 e. The van der Waals surface area contributed by atoms with E-state index in [-0.39, 0.29) is 16.4 Å². The van der Waals surface area contributed by atoms with Gasteiger partial charge in [-0.1, -0.05) is 23.7 Å². The van der Waals surface area contributed by atoms with Crippen molar-refractivity contribution in [2.75, 3.05) is 18.0 Å². The summed E-state index contributed by atoms with van der Waals surface area (Å²) in [5, 5.41) is 6.35. The molecule has 1 fully saturated rings. The van der Waals surface area contributed by atoms with Crippen molar-refractivity contribution in [1.29, 1.82) is 0 Å². The Labute approximate surface area is 132 Å². The zero-order valence-corrected chi connectivity index (χ0v) is 12.8. The van der Waals surface area contributed by atoms with Crippen molar-refractivity contribution < 1.29 is 4.39 Å². The van der Waals surface area contributed by atoms with Crippen molar-refractivity contribution in [3.05, 3.63) is 57.2 Å². The number of benzene rings is 1. The monoisotopic (exact) mass is 321 g/mol. The summed E-state index contributed by atoms with van der Waals surface area (Å²) in [6, 6.07) is 6.71. The lowest BCUT2D eigenvalue weighted by atomic mass is 9.90. The summed E-state index contributed by atoms with van der Waals surface area (Å²) in [7, 11) is 0. The van der Waals surface area contributed by atoms with Crippen LogP contribution in [0.4, 0.5) is 10.1 Å². The maximum Gasteiger partial charge on any atom is 0.285 e. The van der Waals surface area contributed by atoms with Crippen molar-refractivity contribution in [2.24, 2.45) is 5.92 Å². The van der Waals surface area contributed by atoms with Gasteiger partial charge in [-0.15, -0.1) is 0 Å². The number of piperidine rings is 1. The van der Waals surface area contributed by atoms with Gasteiger partial charge in [-0.05, 0) is 42.9 Å². The molecule has 3 rings (SSSR count). The van der Waals surface area contributed by atoms with Crippen LogP contribution in [0.1, 0.15) is 18.4 Å². The van der Waals surface area contributed by atoms with Crippen molar-refractivity contribution in [3.63, 3.8) is 0 Å². The Kier molecular flexibility index (Phi) is 4.43. The lowest BCUT2D eigenvalue weighted by molar-refractivity contribution is 0.403. The van der Waals surface area contributed by atoms with E-state index in [0.29, 0.717) is 11.6 Å². The highest BCUT2D eigenvalue weighted by Gasteiger charge is 2.22. The Morgan fingerprint density at radius 1 is 1.27 bits per heavy atom. The zero-order chi connectivity index (χ0) is 15.5. The third kappa shape index (κ3) is 3.30. The highest BCUT2D eigenvalue weighted by Crippen LogP contribution is 2.28. The molecule has 116 valence electrons. The molecule has 0 atom stereocenters. The Hall–Kier alpha value is -1.88. The lowest BCUT2D eigenvalue weighted by Gasteiger charge is -2.33. The largest absolute Gasteiger partial charge is 0.369 e. The van der Waals surface area contributed by atoms with Gasteiger partial charge < -0.3 is 4.90 Å². The van der Waals surface area contributed by atoms with Crippen molar-refractivity contribution in [1.82, 2.24) is 10.2 Å². The molecule has 2 heterocycles. The van der Waals surface area contributed by atoms with Gasteiger partial charge in [-0.2, -0.15) is 5.10 Å². The molecule has 0 amide bonds. The molecule has 0 radical (unpaired) electrons. The van der Waals surface area contributed by atoms with Crippen molar-refractivity contribution >= 4 is 17.3 Å². The van der Waals surface area contributed by atoms with Crippen molar-refractivity contribution in [3.8, 4) is 0 Å². The van der Waals surface area contributed by atoms with Crippen LogP contribution in [0, 0.1) is 11.7 Å². The van der Waals surface area contributed by atoms with Crippen LogP contribution in [0.5, 0.6) is 0 Å². The van der Waals surface area contributed by atoms with E-state index in [0.717, 1.165) is 37.9 Å². The van der Waals surface area contributed by atoms with Crippen LogP contribution in [-0.2, 0) is 6.42 Å². The van der Waals surface area contributed by atoms with E-state index in [1.54, 1.807) is 6.20 Å². The van der Waals surface area contributed by atoms with Gasteiger partial charge in [-0.3, -0.25) is 4.79 Å². The van der Waals surface area contributed by atoms with Crippen LogP contribution >= 0.6 is 11.6 Å². The first-order valence-electron chi connectivity index (χ1n) is 7.36. The second kappa shape index (κ2) is 6.48. The number of aromatic nitrogens is 2. The summed E-state index contributed by atoms with van der Waals surface area (Å²) >= 11 is 6.05. The number of H-pyrrole nitrogens is 1. The summed E-state index contributed by atoms with van der Waals surface area (Å²) in [5.74, 6) is 0.366. The standard InChI is InChI=1S/C16H17ClFN3O/c17-15-14(10-19-20-16(15)22)21-7-5-12(6-8-21)9-11-1-3-13(18)4-2-11/h1-4,10,12H,5-9H2,(H,20,22). The summed E-state index contributed by atoms with van der Waals surface area (Å²) < 4.78 is 12.9. The second-order valence-electron chi connectivity index (χ2n) is 5.66. The molecule has 4 nitrogen and oxygen atoms in total. The zero-order valence-electron chi connectivity index (χ0n) is 12.1. The van der Waals surface area contributed by atoms with Crippen LogP contribution in [-0.4, -0.2) is 23.3 Å². The Bertz CT molecular complexity index is 693. The second-order valence-corrected chi connectivity index (χ2v) is 6.04. The third-order valence-electron chi connectivity index (χ3n) is 4.17. The molecule has 1 N–H and O–H groups in total. The van der Waals surface area contributed by atoms with Crippen LogP contribution in [0.3, 0.4) is 0 Å². The van der Waals surface area contributed by atoms with Crippen molar-refractivity contribution in [2.45, 2.75) is 19.3 Å². The molecule has 1 aliphatic rings. The van der Waals surface area contributed by atoms with Crippen LogP contribution in [0.15, 0.2) is 35.3 Å². The molecule has 0 saturated carbocycles. The van der Waals surface area contributed by atoms with Gasteiger partial charge in [0.15, 0.2) is 0 Å². The van der Waals surface area contributed by atoms with Crippen LogP contribution in [0.25, 0.3) is 0 Å². The van der Waals surface area contributed by atoms with Gasteiger partial charge in [0.05, 0.1) is 11.9 Å². The lowest BCUT2D eigenvalue weighted by Crippen LogP contribution is -2.35. The number of rotatable bonds is 3. The molecule has 1 saturated heterocycles. The van der Waals surface area contributed by atoms with E-state index in [1.807, 2.05) is 12.1 Å². The Morgan fingerprint density at radius 3 is 2.64 bits per heavy atom. The van der Waals surface area contributed by atoms with Gasteiger partial charge in [0.2, 0.25) is 0 Å². The van der Waals surface area contributed by atoms with Gasteiger partial charge >= 0.3 is 0 Å². The predicted octanol–water partition coefficient (Wildman–Crippen LogP) is 3.02. The average Bonchev–Trinajstić information content (AvgIpc) is 2.53. The molecule has 6 heteroatoms. The topological polar surface area (TPSA) is 49.0 Å². The van der Waals surface area contributed by atoms with E-state index < -0.39 is 0 Å². The fourth-order valence-corrected chi connectivity index (χ4v) is 3.14. The molecule has 2 aromatic rings. The molecular weight excluding hydrogens is 305 g/mol. The minimum absolute atomic E-state index is 0.199. The molecule has 22 heavy (non-hydrogen) atoms. The Morgan fingerprint density at radius 2 is 1.95 bits per heavy atom. The van der Waals surface area contributed by atoms with E-state index in [2.05, 4.69) is 15.1 Å². The van der Waals surface area contributed by atoms with E-state index in [4.69, 9.17) is 11.6 Å². The highest BCUT2D eigenvalue weighted by molar-refractivity contribution is 6.32. The van der Waals surface area contributed by atoms with E-state index >= 15 is 0 Å². The normalized spacial score (nSPS) is 16.0. The molecule has 1 aromatic heterocycles. The van der Waals surface area contributed by atoms with Crippen LogP contribution in [0.2, 0.25) is 5.02 Å². The molecule has 0 spiro atoms. The third-order valence-corrected chi connectivity index (χ3v) is 4.54. The van der Waals surface area contributed by atoms with Gasteiger partial charge in [-0.25, -0.2) is 9.49 Å². The summed E-state index contributed by atoms with van der Waals surface area (Å²) in [4.78, 5) is 13.6. The maximum atomic E-state index is 12.9. The fourth-order valence-electron chi connectivity index (χ4n) is 2.93. The molecule has 0 unspecified atom stereocenters. The molecule has 0 aliphatic carbocycles. The quantitative estimate of drug-likeness (QED) is 0.945. The first-order chi connectivity index (χ1) is 10.6. The highest BCUT2D eigenvalue weighted by atomic mass is 35.5. The number of hydrogen-bond acceptors (Lipinski definition) is 3. The van der Waals surface area contributed by atoms with E-state index in [9.17, 15) is 9.18 Å². The first kappa shape index (κ1) is 15.0. The van der Waals surface area contributed by atoms with E-state index in [1.165, 1.54) is 12.1 Å². The average molecular weight is 322 g/mol. The van der Waals surface area contributed by atoms with Gasteiger partial charge in [0.1, 0.15) is 10.8 Å². The summed E-state index contributed by atoms with van der Waals surface area (Å²) in [5.41, 5.74) is 1.51. The maximum absolute atomic E-state index is 12.9. The number of nitrogens with zero attached hydrogens (tertiary/aromatic N) is 2. The van der Waals surface area contributed by atoms with Gasteiger partial charge in [0.25, 0.3) is 5.56 Å². The number of anilines is 1. The Balaban J connectivity index is 1.61. The van der Waals surface area contributed by atoms with Gasteiger partial charge in [0, 0.05) is 13.1 Å². The fraction of sp³-hybridized carbons (Fsp3) is 0.375. The number of hydrogen-bond donors (Lipinski definition) is 1. The predicted molar refractivity (Wildman–Crippen MR) is 84.9 cm³/mol. The minimum atomic E-state index is -0.354. The molecule has 0 bridgehead atoms. The summed E-state index contributed by atoms with van der Waals surface area (Å²) in [6.45, 7) is 1.69. The van der Waals surface area contributed by atoms with Crippen LogP contribution < -0.4 is 10.5 Å². The molecule has 1 aromatic carbocycles. The number of nitrogens with one attached hydrogen (secondary N) is 1. The SMILES string of the molecule is O=c1[nH]ncc(N2CCC(Cc3ccc(F)cc3)CC2)c1Cl. The number of halogens is 2.